The van der Waals surface area contributed by atoms with Crippen molar-refractivity contribution in [3.8, 4) is 5.75 Å². The molecule has 1 amide bonds. The zero-order chi connectivity index (χ0) is 17.4. The second kappa shape index (κ2) is 6.24. The number of amides is 1. The van der Waals surface area contributed by atoms with Gasteiger partial charge in [0.25, 0.3) is 5.56 Å². The van der Waals surface area contributed by atoms with Crippen LogP contribution in [0.25, 0.3) is 0 Å². The number of H-pyrrole nitrogens is 1. The number of fused-ring (bicyclic) bond motifs is 1. The summed E-state index contributed by atoms with van der Waals surface area (Å²) < 4.78 is 7.26. The Morgan fingerprint density at radius 2 is 2.00 bits per heavy atom. The normalized spacial score (nSPS) is 16.7. The van der Waals surface area contributed by atoms with Gasteiger partial charge in [-0.05, 0) is 32.1 Å². The van der Waals surface area contributed by atoms with Gasteiger partial charge in [-0.15, -0.1) is 0 Å². The minimum absolute atomic E-state index is 0.0810. The number of para-hydroxylation sites is 1. The first-order valence-electron chi connectivity index (χ1n) is 7.75. The van der Waals surface area contributed by atoms with Crippen molar-refractivity contribution in [2.24, 2.45) is 0 Å². The van der Waals surface area contributed by atoms with Crippen molar-refractivity contribution in [2.45, 2.75) is 32.2 Å². The maximum Gasteiger partial charge on any atom is 0.260 e. The first-order chi connectivity index (χ1) is 11.4. The Labute approximate surface area is 144 Å². The van der Waals surface area contributed by atoms with Crippen LogP contribution in [0.4, 0.5) is 5.82 Å². The number of carbonyl (C=O) groups is 1. The van der Waals surface area contributed by atoms with Crippen LogP contribution in [0.2, 0.25) is 0 Å². The number of anilines is 1. The van der Waals surface area contributed by atoms with Crippen molar-refractivity contribution in [1.29, 1.82) is 0 Å². The summed E-state index contributed by atoms with van der Waals surface area (Å²) >= 11 is 5.28. The van der Waals surface area contributed by atoms with Gasteiger partial charge in [0.2, 0.25) is 5.91 Å². The number of carbonyl (C=O) groups excluding carboxylic acids is 1. The van der Waals surface area contributed by atoms with Crippen LogP contribution in [-0.2, 0) is 4.79 Å². The highest BCUT2D eigenvalue weighted by Crippen LogP contribution is 2.38. The summed E-state index contributed by atoms with van der Waals surface area (Å²) in [5.41, 5.74) is 1.15. The lowest BCUT2D eigenvalue weighted by Crippen LogP contribution is -2.35. The molecular formula is C17H19N3O3S. The molecule has 6 nitrogen and oxygen atoms in total. The molecule has 1 aliphatic heterocycles. The van der Waals surface area contributed by atoms with Crippen molar-refractivity contribution in [1.82, 2.24) is 9.55 Å². The van der Waals surface area contributed by atoms with Gasteiger partial charge in [-0.3, -0.25) is 14.2 Å². The van der Waals surface area contributed by atoms with Crippen LogP contribution >= 0.6 is 12.2 Å². The second-order valence-electron chi connectivity index (χ2n) is 6.03. The van der Waals surface area contributed by atoms with Crippen molar-refractivity contribution in [3.05, 3.63) is 50.5 Å². The molecule has 0 bridgehead atoms. The standard InChI is InChI=1S/C17H19N3O3S/c1-9(2)20-16(22)14-11(10-6-4-5-7-12(10)23-3)8-13(21)18-15(14)19-17(20)24/h4-7,9,11H,8H2,1-3H3,(H,18,21)(H,19,24). The minimum atomic E-state index is -0.380. The highest BCUT2D eigenvalue weighted by Gasteiger charge is 2.32. The van der Waals surface area contributed by atoms with Crippen LogP contribution in [0.5, 0.6) is 5.75 Å². The lowest BCUT2D eigenvalue weighted by atomic mass is 9.86. The predicted molar refractivity (Wildman–Crippen MR) is 94.4 cm³/mol. The van der Waals surface area contributed by atoms with E-state index >= 15 is 0 Å². The Hall–Kier alpha value is -2.41. The first kappa shape index (κ1) is 16.4. The van der Waals surface area contributed by atoms with Crippen LogP contribution in [0.3, 0.4) is 0 Å². The van der Waals surface area contributed by atoms with Crippen LogP contribution in [-0.4, -0.2) is 22.6 Å². The molecule has 3 rings (SSSR count). The van der Waals surface area contributed by atoms with Gasteiger partial charge < -0.3 is 15.0 Å². The number of methoxy groups -OCH3 is 1. The summed E-state index contributed by atoms with van der Waals surface area (Å²) in [6.07, 6.45) is 0.186. The number of aromatic amines is 1. The zero-order valence-electron chi connectivity index (χ0n) is 13.8. The summed E-state index contributed by atoms with van der Waals surface area (Å²) in [6, 6.07) is 7.36. The van der Waals surface area contributed by atoms with Gasteiger partial charge in [0.05, 0.1) is 12.7 Å². The molecule has 7 heteroatoms. The molecule has 126 valence electrons. The van der Waals surface area contributed by atoms with Gasteiger partial charge in [-0.25, -0.2) is 0 Å². The smallest absolute Gasteiger partial charge is 0.260 e. The molecule has 0 spiro atoms. The van der Waals surface area contributed by atoms with Gasteiger partial charge in [0, 0.05) is 23.9 Å². The van der Waals surface area contributed by atoms with Gasteiger partial charge >= 0.3 is 0 Å². The monoisotopic (exact) mass is 345 g/mol. The van der Waals surface area contributed by atoms with Crippen LogP contribution < -0.4 is 15.6 Å². The van der Waals surface area contributed by atoms with Crippen molar-refractivity contribution in [3.63, 3.8) is 0 Å². The summed E-state index contributed by atoms with van der Waals surface area (Å²) in [6.45, 7) is 3.80. The van der Waals surface area contributed by atoms with Gasteiger partial charge in [-0.2, -0.15) is 0 Å². The van der Waals surface area contributed by atoms with Crippen LogP contribution in [0, 0.1) is 4.77 Å². The highest BCUT2D eigenvalue weighted by atomic mass is 32.1. The number of benzene rings is 1. The van der Waals surface area contributed by atoms with Crippen molar-refractivity contribution < 1.29 is 9.53 Å². The van der Waals surface area contributed by atoms with E-state index in [0.29, 0.717) is 21.9 Å². The zero-order valence-corrected chi connectivity index (χ0v) is 14.6. The molecule has 1 unspecified atom stereocenters. The summed E-state index contributed by atoms with van der Waals surface area (Å²) in [4.78, 5) is 28.2. The van der Waals surface area contributed by atoms with E-state index in [1.807, 2.05) is 38.1 Å². The van der Waals surface area contributed by atoms with E-state index in [4.69, 9.17) is 17.0 Å². The third kappa shape index (κ3) is 2.65. The Morgan fingerprint density at radius 1 is 1.29 bits per heavy atom. The maximum absolute atomic E-state index is 13.1. The fourth-order valence-electron chi connectivity index (χ4n) is 3.15. The number of rotatable bonds is 3. The van der Waals surface area contributed by atoms with E-state index in [0.717, 1.165) is 5.56 Å². The molecule has 1 aromatic heterocycles. The number of hydrogen-bond donors (Lipinski definition) is 2. The molecule has 0 saturated carbocycles. The number of ether oxygens (including phenoxy) is 1. The number of nitrogens with one attached hydrogen (secondary N) is 2. The number of aromatic nitrogens is 2. The third-order valence-corrected chi connectivity index (χ3v) is 4.50. The van der Waals surface area contributed by atoms with Gasteiger partial charge in [-0.1, -0.05) is 18.2 Å². The average molecular weight is 345 g/mol. The molecule has 0 fully saturated rings. The third-order valence-electron chi connectivity index (χ3n) is 4.20. The second-order valence-corrected chi connectivity index (χ2v) is 6.42. The molecule has 2 aromatic rings. The molecular weight excluding hydrogens is 326 g/mol. The minimum Gasteiger partial charge on any atom is -0.496 e. The van der Waals surface area contributed by atoms with Crippen LogP contribution in [0.15, 0.2) is 29.1 Å². The molecule has 0 aliphatic carbocycles. The first-order valence-corrected chi connectivity index (χ1v) is 8.16. The molecule has 2 N–H and O–H groups in total. The fourth-order valence-corrected chi connectivity index (χ4v) is 3.55. The van der Waals surface area contributed by atoms with E-state index in [-0.39, 0.29) is 29.8 Å². The van der Waals surface area contributed by atoms with Crippen molar-refractivity contribution in [2.75, 3.05) is 12.4 Å². The molecule has 24 heavy (non-hydrogen) atoms. The summed E-state index contributed by atoms with van der Waals surface area (Å²) in [5.74, 6) is 0.496. The largest absolute Gasteiger partial charge is 0.496 e. The van der Waals surface area contributed by atoms with Crippen molar-refractivity contribution >= 4 is 23.9 Å². The Bertz CT molecular complexity index is 914. The van der Waals surface area contributed by atoms with E-state index in [1.54, 1.807) is 7.11 Å². The lowest BCUT2D eigenvalue weighted by Gasteiger charge is -2.27. The van der Waals surface area contributed by atoms with Crippen LogP contribution in [0.1, 0.15) is 43.4 Å². The average Bonchev–Trinajstić information content (AvgIpc) is 2.53. The molecule has 1 aromatic carbocycles. The summed E-state index contributed by atoms with van der Waals surface area (Å²) in [7, 11) is 1.58. The number of hydrogen-bond acceptors (Lipinski definition) is 4. The highest BCUT2D eigenvalue weighted by molar-refractivity contribution is 7.71. The summed E-state index contributed by atoms with van der Waals surface area (Å²) in [5, 5.41) is 2.73. The van der Waals surface area contributed by atoms with E-state index in [1.165, 1.54) is 4.57 Å². The van der Waals surface area contributed by atoms with Gasteiger partial charge in [0.15, 0.2) is 4.77 Å². The SMILES string of the molecule is COc1ccccc1C1CC(=O)Nc2[nH]c(=S)n(C(C)C)c(=O)c21. The van der Waals surface area contributed by atoms with E-state index in [2.05, 4.69) is 10.3 Å². The molecule has 0 saturated heterocycles. The molecule has 0 radical (unpaired) electrons. The lowest BCUT2D eigenvalue weighted by molar-refractivity contribution is -0.116. The Morgan fingerprint density at radius 3 is 2.67 bits per heavy atom. The fraction of sp³-hybridized carbons (Fsp3) is 0.353. The predicted octanol–water partition coefficient (Wildman–Crippen LogP) is 2.97. The Balaban J connectivity index is 2.30. The molecule has 1 atom stereocenters. The van der Waals surface area contributed by atoms with Gasteiger partial charge in [0.1, 0.15) is 11.6 Å². The Kier molecular flexibility index (Phi) is 4.28. The number of nitrogens with zero attached hydrogens (tertiary/aromatic N) is 1. The van der Waals surface area contributed by atoms with E-state index < -0.39 is 0 Å². The molecule has 2 heterocycles. The molecule has 1 aliphatic rings. The quantitative estimate of drug-likeness (QED) is 0.839. The topological polar surface area (TPSA) is 76.1 Å². The van der Waals surface area contributed by atoms with E-state index in [9.17, 15) is 9.59 Å². The maximum atomic E-state index is 13.1.